The van der Waals surface area contributed by atoms with Gasteiger partial charge in [0.25, 0.3) is 0 Å². The topological polar surface area (TPSA) is 67.3 Å². The summed E-state index contributed by atoms with van der Waals surface area (Å²) >= 11 is 0. The Morgan fingerprint density at radius 1 is 0.900 bits per heavy atom. The molecule has 146 valence electrons. The second-order valence-corrected chi connectivity index (χ2v) is 7.20. The summed E-state index contributed by atoms with van der Waals surface area (Å²) in [7, 11) is 0. The van der Waals surface area contributed by atoms with E-state index in [1.807, 2.05) is 24.3 Å². The third kappa shape index (κ3) is 3.43. The smallest absolute Gasteiger partial charge is 0.178 e. The Kier molecular flexibility index (Phi) is 4.52. The predicted octanol–water partition coefficient (Wildman–Crippen LogP) is 5.12. The molecule has 0 saturated carbocycles. The standard InChI is InChI=1S/C24H18FN5/c1-15-4-2-5-16(10-15)11-22-28-21-12-19(18-7-9-27-14-20(18)25)23(30-24(21)29-22)17-6-3-8-26-13-17/h2-10,12-14H,11H2,1H3,(H,28,29,30). The fourth-order valence-corrected chi connectivity index (χ4v) is 3.61. The molecule has 0 aliphatic rings. The Morgan fingerprint density at radius 3 is 2.60 bits per heavy atom. The van der Waals surface area contributed by atoms with Gasteiger partial charge in [-0.2, -0.15) is 0 Å². The number of aryl methyl sites for hydroxylation is 1. The van der Waals surface area contributed by atoms with Crippen molar-refractivity contribution in [2.24, 2.45) is 0 Å². The number of nitrogens with one attached hydrogen (secondary N) is 1. The molecule has 5 rings (SSSR count). The summed E-state index contributed by atoms with van der Waals surface area (Å²) in [6, 6.07) is 15.6. The van der Waals surface area contributed by atoms with Gasteiger partial charge in [0.15, 0.2) is 5.65 Å². The Labute approximate surface area is 172 Å². The summed E-state index contributed by atoms with van der Waals surface area (Å²) in [4.78, 5) is 20.9. The van der Waals surface area contributed by atoms with Gasteiger partial charge in [-0.25, -0.2) is 14.4 Å². The van der Waals surface area contributed by atoms with Crippen LogP contribution in [-0.2, 0) is 6.42 Å². The molecule has 5 nitrogen and oxygen atoms in total. The lowest BCUT2D eigenvalue weighted by atomic mass is 10.0. The maximum absolute atomic E-state index is 14.6. The number of aromatic nitrogens is 5. The fraction of sp³-hybridized carbons (Fsp3) is 0.0833. The van der Waals surface area contributed by atoms with Gasteiger partial charge in [-0.3, -0.25) is 9.97 Å². The monoisotopic (exact) mass is 395 g/mol. The molecular formula is C24H18FN5. The van der Waals surface area contributed by atoms with Gasteiger partial charge in [0.2, 0.25) is 0 Å². The molecule has 0 bridgehead atoms. The van der Waals surface area contributed by atoms with Crippen molar-refractivity contribution in [3.8, 4) is 22.4 Å². The van der Waals surface area contributed by atoms with Gasteiger partial charge in [-0.15, -0.1) is 0 Å². The van der Waals surface area contributed by atoms with Crippen LogP contribution in [0.5, 0.6) is 0 Å². The van der Waals surface area contributed by atoms with E-state index in [2.05, 4.69) is 45.1 Å². The molecule has 0 amide bonds. The summed E-state index contributed by atoms with van der Waals surface area (Å²) < 4.78 is 14.6. The van der Waals surface area contributed by atoms with Gasteiger partial charge in [0, 0.05) is 41.7 Å². The highest BCUT2D eigenvalue weighted by Gasteiger charge is 2.17. The van der Waals surface area contributed by atoms with E-state index < -0.39 is 5.82 Å². The van der Waals surface area contributed by atoms with Crippen LogP contribution in [0.2, 0.25) is 0 Å². The highest BCUT2D eigenvalue weighted by atomic mass is 19.1. The molecule has 0 aliphatic carbocycles. The zero-order valence-electron chi connectivity index (χ0n) is 16.3. The number of rotatable bonds is 4. The quantitative estimate of drug-likeness (QED) is 0.459. The molecule has 1 N–H and O–H groups in total. The van der Waals surface area contributed by atoms with Gasteiger partial charge < -0.3 is 4.98 Å². The van der Waals surface area contributed by atoms with Crippen LogP contribution in [0, 0.1) is 12.7 Å². The molecule has 0 saturated heterocycles. The summed E-state index contributed by atoms with van der Waals surface area (Å²) in [5.74, 6) is 0.413. The maximum atomic E-state index is 14.6. The molecule has 0 fully saturated rings. The molecule has 6 heteroatoms. The number of benzene rings is 1. The van der Waals surface area contributed by atoms with Crippen molar-refractivity contribution in [1.82, 2.24) is 24.9 Å². The number of pyridine rings is 3. The van der Waals surface area contributed by atoms with Crippen molar-refractivity contribution in [2.45, 2.75) is 13.3 Å². The molecule has 0 atom stereocenters. The lowest BCUT2D eigenvalue weighted by Crippen LogP contribution is -1.94. The Bertz CT molecular complexity index is 1340. The van der Waals surface area contributed by atoms with E-state index in [1.54, 1.807) is 24.7 Å². The minimum absolute atomic E-state index is 0.400. The highest BCUT2D eigenvalue weighted by Crippen LogP contribution is 2.33. The number of hydrogen-bond acceptors (Lipinski definition) is 4. The number of hydrogen-bond donors (Lipinski definition) is 1. The molecule has 5 aromatic rings. The van der Waals surface area contributed by atoms with Crippen LogP contribution in [0.4, 0.5) is 4.39 Å². The first-order valence-electron chi connectivity index (χ1n) is 9.63. The number of halogens is 1. The third-order valence-electron chi connectivity index (χ3n) is 4.97. The van der Waals surface area contributed by atoms with Crippen molar-refractivity contribution in [3.63, 3.8) is 0 Å². The van der Waals surface area contributed by atoms with Gasteiger partial charge in [-0.1, -0.05) is 29.8 Å². The van der Waals surface area contributed by atoms with Gasteiger partial charge in [0.1, 0.15) is 11.6 Å². The van der Waals surface area contributed by atoms with E-state index in [-0.39, 0.29) is 0 Å². The number of imidazole rings is 1. The molecule has 4 aromatic heterocycles. The molecule has 0 aliphatic heterocycles. The Hall–Kier alpha value is -3.93. The summed E-state index contributed by atoms with van der Waals surface area (Å²) in [6.45, 7) is 2.07. The van der Waals surface area contributed by atoms with Crippen LogP contribution < -0.4 is 0 Å². The van der Waals surface area contributed by atoms with Crippen LogP contribution in [0.1, 0.15) is 17.0 Å². The van der Waals surface area contributed by atoms with E-state index >= 15 is 0 Å². The number of fused-ring (bicyclic) bond motifs is 1. The van der Waals surface area contributed by atoms with Crippen LogP contribution >= 0.6 is 0 Å². The first kappa shape index (κ1) is 18.1. The summed E-state index contributed by atoms with van der Waals surface area (Å²) in [5.41, 5.74) is 6.27. The average Bonchev–Trinajstić information content (AvgIpc) is 3.15. The molecule has 4 heterocycles. The van der Waals surface area contributed by atoms with Crippen molar-refractivity contribution < 1.29 is 4.39 Å². The molecule has 1 aromatic carbocycles. The van der Waals surface area contributed by atoms with Crippen LogP contribution in [0.3, 0.4) is 0 Å². The van der Waals surface area contributed by atoms with E-state index in [0.29, 0.717) is 28.9 Å². The zero-order valence-corrected chi connectivity index (χ0v) is 16.3. The Balaban J connectivity index is 1.66. The maximum Gasteiger partial charge on any atom is 0.178 e. The van der Waals surface area contributed by atoms with Crippen molar-refractivity contribution >= 4 is 11.2 Å². The fourth-order valence-electron chi connectivity index (χ4n) is 3.61. The summed E-state index contributed by atoms with van der Waals surface area (Å²) in [6.07, 6.45) is 6.87. The Morgan fingerprint density at radius 2 is 1.80 bits per heavy atom. The van der Waals surface area contributed by atoms with E-state index in [0.717, 1.165) is 16.9 Å². The molecule has 30 heavy (non-hydrogen) atoms. The SMILES string of the molecule is Cc1cccc(Cc2nc3nc(-c4cccnc4)c(-c4ccncc4F)cc3[nH]2)c1. The molecule has 0 spiro atoms. The normalized spacial score (nSPS) is 11.1. The van der Waals surface area contributed by atoms with Crippen molar-refractivity contribution in [1.29, 1.82) is 0 Å². The first-order chi connectivity index (χ1) is 14.7. The largest absolute Gasteiger partial charge is 0.340 e. The third-order valence-corrected chi connectivity index (χ3v) is 4.97. The number of H-pyrrole nitrogens is 1. The van der Waals surface area contributed by atoms with Crippen molar-refractivity contribution in [3.05, 3.63) is 96.1 Å². The minimum Gasteiger partial charge on any atom is -0.340 e. The van der Waals surface area contributed by atoms with E-state index in [4.69, 9.17) is 4.98 Å². The van der Waals surface area contributed by atoms with E-state index in [1.165, 1.54) is 17.3 Å². The van der Waals surface area contributed by atoms with Gasteiger partial charge in [-0.05, 0) is 36.8 Å². The average molecular weight is 395 g/mol. The number of aromatic amines is 1. The molecule has 0 radical (unpaired) electrons. The van der Waals surface area contributed by atoms with Crippen LogP contribution in [0.25, 0.3) is 33.5 Å². The second kappa shape index (κ2) is 7.48. The van der Waals surface area contributed by atoms with Crippen LogP contribution in [-0.4, -0.2) is 24.9 Å². The first-order valence-corrected chi connectivity index (χ1v) is 9.63. The lowest BCUT2D eigenvalue weighted by molar-refractivity contribution is 0.625. The molecular weight excluding hydrogens is 377 g/mol. The number of nitrogens with zero attached hydrogens (tertiary/aromatic N) is 4. The van der Waals surface area contributed by atoms with Gasteiger partial charge >= 0.3 is 0 Å². The molecule has 0 unspecified atom stereocenters. The van der Waals surface area contributed by atoms with E-state index in [9.17, 15) is 4.39 Å². The predicted molar refractivity (Wildman–Crippen MR) is 114 cm³/mol. The second-order valence-electron chi connectivity index (χ2n) is 7.20. The minimum atomic E-state index is -0.400. The van der Waals surface area contributed by atoms with Crippen molar-refractivity contribution in [2.75, 3.05) is 0 Å². The zero-order chi connectivity index (χ0) is 20.5. The summed E-state index contributed by atoms with van der Waals surface area (Å²) in [5, 5.41) is 0. The van der Waals surface area contributed by atoms with Gasteiger partial charge in [0.05, 0.1) is 17.4 Å². The van der Waals surface area contributed by atoms with Crippen LogP contribution in [0.15, 0.2) is 73.3 Å². The lowest BCUT2D eigenvalue weighted by Gasteiger charge is -2.09. The highest BCUT2D eigenvalue weighted by molar-refractivity contribution is 5.88.